The summed E-state index contributed by atoms with van der Waals surface area (Å²) in [6.45, 7) is 2.37. The van der Waals surface area contributed by atoms with E-state index in [1.165, 1.54) is 0 Å². The number of aryl methyl sites for hydroxylation is 2. The van der Waals surface area contributed by atoms with E-state index in [1.807, 2.05) is 30.8 Å². The van der Waals surface area contributed by atoms with Crippen LogP contribution in [0.25, 0.3) is 0 Å². The molecule has 100 valence electrons. The number of carbonyl (C=O) groups is 1. The van der Waals surface area contributed by atoms with Crippen LogP contribution in [0, 0.1) is 6.92 Å². The molecule has 0 aliphatic rings. The van der Waals surface area contributed by atoms with E-state index in [2.05, 4.69) is 4.98 Å². The van der Waals surface area contributed by atoms with Crippen LogP contribution >= 0.6 is 0 Å². The lowest BCUT2D eigenvalue weighted by molar-refractivity contribution is 0.0780. The average Bonchev–Trinajstić information content (AvgIpc) is 2.74. The summed E-state index contributed by atoms with van der Waals surface area (Å²) < 4.78 is 1.90. The summed E-state index contributed by atoms with van der Waals surface area (Å²) >= 11 is 0. The molecule has 0 saturated heterocycles. The number of nitrogen functional groups attached to an aromatic ring is 1. The van der Waals surface area contributed by atoms with E-state index < -0.39 is 0 Å². The normalized spacial score (nSPS) is 10.5. The van der Waals surface area contributed by atoms with Crippen molar-refractivity contribution < 1.29 is 4.79 Å². The van der Waals surface area contributed by atoms with Gasteiger partial charge in [-0.3, -0.25) is 4.79 Å². The molecule has 1 amide bonds. The Hall–Kier alpha value is -2.30. The monoisotopic (exact) mass is 258 g/mol. The van der Waals surface area contributed by atoms with Crippen molar-refractivity contribution in [1.82, 2.24) is 14.5 Å². The minimum atomic E-state index is -0.0273. The lowest BCUT2D eigenvalue weighted by Crippen LogP contribution is -2.28. The van der Waals surface area contributed by atoms with Gasteiger partial charge in [-0.05, 0) is 30.7 Å². The summed E-state index contributed by atoms with van der Waals surface area (Å²) in [5.41, 5.74) is 7.92. The number of nitrogens with two attached hydrogens (primary N) is 1. The van der Waals surface area contributed by atoms with Gasteiger partial charge in [-0.2, -0.15) is 0 Å². The fraction of sp³-hybridized carbons (Fsp3) is 0.286. The number of aromatic nitrogens is 2. The number of hydrogen-bond acceptors (Lipinski definition) is 3. The molecule has 5 nitrogen and oxygen atoms in total. The summed E-state index contributed by atoms with van der Waals surface area (Å²) in [4.78, 5) is 18.2. The Morgan fingerprint density at radius 1 is 1.47 bits per heavy atom. The molecule has 0 aliphatic heterocycles. The Labute approximate surface area is 112 Å². The first-order valence-corrected chi connectivity index (χ1v) is 6.07. The van der Waals surface area contributed by atoms with Gasteiger partial charge in [-0.15, -0.1) is 0 Å². The molecule has 0 saturated carbocycles. The SMILES string of the molecule is Cc1cc(N)ccc1C(=O)N(C)Cc1nccn1C. The second-order valence-electron chi connectivity index (χ2n) is 4.69. The van der Waals surface area contributed by atoms with Crippen LogP contribution in [-0.4, -0.2) is 27.4 Å². The maximum Gasteiger partial charge on any atom is 0.254 e. The minimum absolute atomic E-state index is 0.0273. The quantitative estimate of drug-likeness (QED) is 0.850. The molecule has 0 unspecified atom stereocenters. The number of hydrogen-bond donors (Lipinski definition) is 1. The molecule has 2 N–H and O–H groups in total. The van der Waals surface area contributed by atoms with Crippen molar-refractivity contribution in [2.45, 2.75) is 13.5 Å². The first-order chi connectivity index (χ1) is 8.99. The minimum Gasteiger partial charge on any atom is -0.399 e. The molecule has 2 aromatic rings. The van der Waals surface area contributed by atoms with E-state index in [1.54, 1.807) is 30.3 Å². The third kappa shape index (κ3) is 2.76. The number of nitrogens with zero attached hydrogens (tertiary/aromatic N) is 3. The zero-order valence-corrected chi connectivity index (χ0v) is 11.4. The van der Waals surface area contributed by atoms with Crippen LogP contribution in [0.5, 0.6) is 0 Å². The Balaban J connectivity index is 2.17. The third-order valence-electron chi connectivity index (χ3n) is 3.13. The van der Waals surface area contributed by atoms with Gasteiger partial charge in [0.05, 0.1) is 6.54 Å². The predicted molar refractivity (Wildman–Crippen MR) is 74.6 cm³/mol. The molecule has 0 radical (unpaired) electrons. The van der Waals surface area contributed by atoms with Crippen molar-refractivity contribution in [1.29, 1.82) is 0 Å². The van der Waals surface area contributed by atoms with Crippen LogP contribution in [0.3, 0.4) is 0 Å². The molecule has 0 spiro atoms. The molecule has 0 bridgehead atoms. The van der Waals surface area contributed by atoms with Crippen molar-refractivity contribution in [3.8, 4) is 0 Å². The zero-order chi connectivity index (χ0) is 14.0. The molecule has 0 fully saturated rings. The average molecular weight is 258 g/mol. The van der Waals surface area contributed by atoms with E-state index in [9.17, 15) is 4.79 Å². The molecule has 2 rings (SSSR count). The van der Waals surface area contributed by atoms with E-state index in [4.69, 9.17) is 5.73 Å². The van der Waals surface area contributed by atoms with Gasteiger partial charge in [0.15, 0.2) is 0 Å². The smallest absolute Gasteiger partial charge is 0.254 e. The van der Waals surface area contributed by atoms with Gasteiger partial charge in [0.25, 0.3) is 5.91 Å². The van der Waals surface area contributed by atoms with Crippen LogP contribution in [0.2, 0.25) is 0 Å². The number of imidazole rings is 1. The van der Waals surface area contributed by atoms with Crippen LogP contribution in [-0.2, 0) is 13.6 Å². The summed E-state index contributed by atoms with van der Waals surface area (Å²) in [5.74, 6) is 0.824. The largest absolute Gasteiger partial charge is 0.399 e. The van der Waals surface area contributed by atoms with Gasteiger partial charge in [0.1, 0.15) is 5.82 Å². The molecule has 19 heavy (non-hydrogen) atoms. The lowest BCUT2D eigenvalue weighted by Gasteiger charge is -2.18. The van der Waals surface area contributed by atoms with Crippen molar-refractivity contribution in [3.05, 3.63) is 47.5 Å². The Morgan fingerprint density at radius 3 is 2.79 bits per heavy atom. The second-order valence-corrected chi connectivity index (χ2v) is 4.69. The van der Waals surface area contributed by atoms with Crippen LogP contribution in [0.4, 0.5) is 5.69 Å². The topological polar surface area (TPSA) is 64.2 Å². The highest BCUT2D eigenvalue weighted by Gasteiger charge is 2.15. The Morgan fingerprint density at radius 2 is 2.21 bits per heavy atom. The first kappa shape index (κ1) is 13.1. The molecule has 1 aromatic heterocycles. The maximum absolute atomic E-state index is 12.4. The summed E-state index contributed by atoms with van der Waals surface area (Å²) in [6.07, 6.45) is 3.59. The Kier molecular flexibility index (Phi) is 3.55. The second kappa shape index (κ2) is 5.14. The van der Waals surface area contributed by atoms with Gasteiger partial charge in [0.2, 0.25) is 0 Å². The Bertz CT molecular complexity index is 603. The molecule has 0 aliphatic carbocycles. The molecular weight excluding hydrogens is 240 g/mol. The van der Waals surface area contributed by atoms with Gasteiger partial charge < -0.3 is 15.2 Å². The fourth-order valence-corrected chi connectivity index (χ4v) is 1.97. The van der Waals surface area contributed by atoms with Crippen LogP contribution in [0.15, 0.2) is 30.6 Å². The summed E-state index contributed by atoms with van der Waals surface area (Å²) in [7, 11) is 3.68. The standard InChI is InChI=1S/C14H18N4O/c1-10-8-11(15)4-5-12(10)14(19)18(3)9-13-16-6-7-17(13)2/h4-8H,9,15H2,1-3H3. The van der Waals surface area contributed by atoms with E-state index in [0.29, 0.717) is 17.8 Å². The number of anilines is 1. The molecule has 1 aromatic carbocycles. The molecule has 1 heterocycles. The highest BCUT2D eigenvalue weighted by atomic mass is 16.2. The van der Waals surface area contributed by atoms with Crippen LogP contribution < -0.4 is 5.73 Å². The summed E-state index contributed by atoms with van der Waals surface area (Å²) in [5, 5.41) is 0. The molecule has 5 heteroatoms. The highest BCUT2D eigenvalue weighted by molar-refractivity contribution is 5.95. The number of carbonyl (C=O) groups excluding carboxylic acids is 1. The van der Waals surface area contributed by atoms with E-state index in [0.717, 1.165) is 11.4 Å². The van der Waals surface area contributed by atoms with Crippen molar-refractivity contribution >= 4 is 11.6 Å². The van der Waals surface area contributed by atoms with Crippen LogP contribution in [0.1, 0.15) is 21.7 Å². The van der Waals surface area contributed by atoms with Crippen molar-refractivity contribution in [3.63, 3.8) is 0 Å². The van der Waals surface area contributed by atoms with Gasteiger partial charge >= 0.3 is 0 Å². The maximum atomic E-state index is 12.4. The predicted octanol–water partition coefficient (Wildman–Crippen LogP) is 1.58. The number of rotatable bonds is 3. The molecular formula is C14H18N4O. The lowest BCUT2D eigenvalue weighted by atomic mass is 10.1. The molecule has 0 atom stereocenters. The zero-order valence-electron chi connectivity index (χ0n) is 11.4. The first-order valence-electron chi connectivity index (χ1n) is 6.07. The van der Waals surface area contributed by atoms with E-state index in [-0.39, 0.29) is 5.91 Å². The number of amides is 1. The fourth-order valence-electron chi connectivity index (χ4n) is 1.97. The van der Waals surface area contributed by atoms with Crippen molar-refractivity contribution in [2.75, 3.05) is 12.8 Å². The number of benzene rings is 1. The van der Waals surface area contributed by atoms with E-state index >= 15 is 0 Å². The third-order valence-corrected chi connectivity index (χ3v) is 3.13. The van der Waals surface area contributed by atoms with Gasteiger partial charge in [-0.25, -0.2) is 4.98 Å². The van der Waals surface area contributed by atoms with Gasteiger partial charge in [0, 0.05) is 37.7 Å². The summed E-state index contributed by atoms with van der Waals surface area (Å²) in [6, 6.07) is 5.32. The van der Waals surface area contributed by atoms with Crippen molar-refractivity contribution in [2.24, 2.45) is 7.05 Å². The van der Waals surface area contributed by atoms with Gasteiger partial charge in [-0.1, -0.05) is 0 Å². The highest BCUT2D eigenvalue weighted by Crippen LogP contribution is 2.15.